The van der Waals surface area contributed by atoms with E-state index in [1.807, 2.05) is 0 Å². The van der Waals surface area contributed by atoms with E-state index in [9.17, 15) is 4.39 Å². The van der Waals surface area contributed by atoms with Gasteiger partial charge in [0.05, 0.1) is 6.20 Å². The predicted octanol–water partition coefficient (Wildman–Crippen LogP) is 2.52. The minimum absolute atomic E-state index is 0.0116. The topological polar surface area (TPSA) is 84.8 Å². The number of halogens is 2. The van der Waals surface area contributed by atoms with Gasteiger partial charge in [0.25, 0.3) is 0 Å². The van der Waals surface area contributed by atoms with E-state index in [0.717, 1.165) is 6.07 Å². The molecule has 0 spiro atoms. The van der Waals surface area contributed by atoms with Crippen molar-refractivity contribution in [1.82, 2.24) is 9.97 Å². The van der Waals surface area contributed by atoms with Crippen LogP contribution in [-0.2, 0) is 0 Å². The summed E-state index contributed by atoms with van der Waals surface area (Å²) >= 11 is 5.80. The Balaban J connectivity index is 2.44. The van der Waals surface area contributed by atoms with E-state index in [1.54, 1.807) is 6.07 Å². The van der Waals surface area contributed by atoms with Crippen molar-refractivity contribution in [2.45, 2.75) is 0 Å². The highest BCUT2D eigenvalue weighted by molar-refractivity contribution is 6.31. The SMILES string of the molecule is N#Cc1c(F)cccc1Oc1nc(N)ncc1Cl. The molecule has 0 aliphatic carbocycles. The molecule has 1 heterocycles. The fraction of sp³-hybridized carbons (Fsp3) is 0. The molecule has 0 aliphatic heterocycles. The smallest absolute Gasteiger partial charge is 0.243 e. The average Bonchev–Trinajstić information content (AvgIpc) is 2.34. The molecule has 2 N–H and O–H groups in total. The van der Waals surface area contributed by atoms with Crippen LogP contribution in [0.5, 0.6) is 11.6 Å². The van der Waals surface area contributed by atoms with E-state index in [2.05, 4.69) is 9.97 Å². The molecule has 1 aromatic heterocycles. The number of nitrogens with two attached hydrogens (primary N) is 1. The maximum atomic E-state index is 13.3. The third kappa shape index (κ3) is 2.31. The van der Waals surface area contributed by atoms with Crippen LogP contribution in [0.3, 0.4) is 0 Å². The van der Waals surface area contributed by atoms with Crippen molar-refractivity contribution in [3.8, 4) is 17.7 Å². The van der Waals surface area contributed by atoms with Crippen molar-refractivity contribution in [3.05, 3.63) is 40.8 Å². The molecule has 90 valence electrons. The van der Waals surface area contributed by atoms with Crippen LogP contribution in [0.25, 0.3) is 0 Å². The van der Waals surface area contributed by atoms with Gasteiger partial charge in [0.2, 0.25) is 11.8 Å². The number of nitrogens with zero attached hydrogens (tertiary/aromatic N) is 3. The van der Waals surface area contributed by atoms with Gasteiger partial charge in [-0.1, -0.05) is 17.7 Å². The maximum Gasteiger partial charge on any atom is 0.243 e. The third-order valence-electron chi connectivity index (χ3n) is 2.02. The number of nitrogen functional groups attached to an aromatic ring is 1. The monoisotopic (exact) mass is 264 g/mol. The molecule has 0 radical (unpaired) electrons. The molecule has 2 rings (SSSR count). The van der Waals surface area contributed by atoms with Crippen molar-refractivity contribution in [3.63, 3.8) is 0 Å². The van der Waals surface area contributed by atoms with Crippen molar-refractivity contribution >= 4 is 17.5 Å². The van der Waals surface area contributed by atoms with Gasteiger partial charge in [0.15, 0.2) is 0 Å². The van der Waals surface area contributed by atoms with E-state index in [0.29, 0.717) is 0 Å². The lowest BCUT2D eigenvalue weighted by molar-refractivity contribution is 0.456. The molecule has 0 aliphatic rings. The van der Waals surface area contributed by atoms with Crippen LogP contribution in [-0.4, -0.2) is 9.97 Å². The Morgan fingerprint density at radius 1 is 1.44 bits per heavy atom. The van der Waals surface area contributed by atoms with E-state index in [4.69, 9.17) is 27.3 Å². The molecule has 18 heavy (non-hydrogen) atoms. The lowest BCUT2D eigenvalue weighted by atomic mass is 10.2. The molecule has 5 nitrogen and oxygen atoms in total. The summed E-state index contributed by atoms with van der Waals surface area (Å²) in [6.45, 7) is 0. The van der Waals surface area contributed by atoms with Crippen molar-refractivity contribution < 1.29 is 9.13 Å². The standard InChI is InChI=1S/C11H6ClFN4O/c12-7-5-16-11(15)17-10(7)18-9-3-1-2-8(13)6(9)4-14/h1-3,5H,(H2,15,16,17). The summed E-state index contributed by atoms with van der Waals surface area (Å²) < 4.78 is 18.6. The summed E-state index contributed by atoms with van der Waals surface area (Å²) in [7, 11) is 0. The van der Waals surface area contributed by atoms with Gasteiger partial charge >= 0.3 is 0 Å². The Bertz CT molecular complexity index is 641. The highest BCUT2D eigenvalue weighted by Crippen LogP contribution is 2.30. The Hall–Kier alpha value is -2.39. The number of rotatable bonds is 2. The molecule has 0 unspecified atom stereocenters. The van der Waals surface area contributed by atoms with Gasteiger partial charge in [0, 0.05) is 0 Å². The predicted molar refractivity (Wildman–Crippen MR) is 62.6 cm³/mol. The van der Waals surface area contributed by atoms with Gasteiger partial charge in [-0.25, -0.2) is 9.37 Å². The fourth-order valence-corrected chi connectivity index (χ4v) is 1.37. The summed E-state index contributed by atoms with van der Waals surface area (Å²) in [5, 5.41) is 8.95. The zero-order valence-electron chi connectivity index (χ0n) is 8.89. The van der Waals surface area contributed by atoms with Crippen LogP contribution in [0, 0.1) is 17.1 Å². The zero-order valence-corrected chi connectivity index (χ0v) is 9.65. The van der Waals surface area contributed by atoms with Gasteiger partial charge in [-0.3, -0.25) is 0 Å². The quantitative estimate of drug-likeness (QED) is 0.901. The van der Waals surface area contributed by atoms with E-state index in [1.165, 1.54) is 18.3 Å². The average molecular weight is 265 g/mol. The minimum atomic E-state index is -0.687. The summed E-state index contributed by atoms with van der Waals surface area (Å²) in [6, 6.07) is 5.69. The van der Waals surface area contributed by atoms with Crippen LogP contribution in [0.4, 0.5) is 10.3 Å². The summed E-state index contributed by atoms with van der Waals surface area (Å²) in [6.07, 6.45) is 1.25. The van der Waals surface area contributed by atoms with Gasteiger partial charge in [-0.05, 0) is 12.1 Å². The second-order valence-corrected chi connectivity index (χ2v) is 3.62. The molecule has 0 saturated carbocycles. The van der Waals surface area contributed by atoms with Gasteiger partial charge in [-0.15, -0.1) is 0 Å². The lowest BCUT2D eigenvalue weighted by Crippen LogP contribution is -1.99. The lowest BCUT2D eigenvalue weighted by Gasteiger charge is -2.08. The molecule has 0 bridgehead atoms. The first kappa shape index (κ1) is 12.1. The second-order valence-electron chi connectivity index (χ2n) is 3.21. The first-order chi connectivity index (χ1) is 8.61. The van der Waals surface area contributed by atoms with E-state index in [-0.39, 0.29) is 28.2 Å². The number of ether oxygens (including phenoxy) is 1. The summed E-state index contributed by atoms with van der Waals surface area (Å²) in [5.74, 6) is -0.749. The Morgan fingerprint density at radius 3 is 2.94 bits per heavy atom. The minimum Gasteiger partial charge on any atom is -0.436 e. The Labute approximate surface area is 107 Å². The first-order valence-corrected chi connectivity index (χ1v) is 5.14. The summed E-state index contributed by atoms with van der Waals surface area (Å²) in [5.41, 5.74) is 5.15. The first-order valence-electron chi connectivity index (χ1n) is 4.76. The number of hydrogen-bond acceptors (Lipinski definition) is 5. The van der Waals surface area contributed by atoms with Crippen LogP contribution < -0.4 is 10.5 Å². The number of aromatic nitrogens is 2. The highest BCUT2D eigenvalue weighted by atomic mass is 35.5. The van der Waals surface area contributed by atoms with Crippen LogP contribution in [0.1, 0.15) is 5.56 Å². The third-order valence-corrected chi connectivity index (χ3v) is 2.28. The maximum absolute atomic E-state index is 13.3. The molecule has 0 saturated heterocycles. The highest BCUT2D eigenvalue weighted by Gasteiger charge is 2.13. The molecule has 7 heteroatoms. The Kier molecular flexibility index (Phi) is 3.26. The van der Waals surface area contributed by atoms with Crippen molar-refractivity contribution in [2.75, 3.05) is 5.73 Å². The number of hydrogen-bond donors (Lipinski definition) is 1. The number of benzene rings is 1. The normalized spacial score (nSPS) is 9.83. The molecular formula is C11H6ClFN4O. The summed E-state index contributed by atoms with van der Waals surface area (Å²) in [4.78, 5) is 7.41. The van der Waals surface area contributed by atoms with Crippen molar-refractivity contribution in [1.29, 1.82) is 5.26 Å². The molecule has 2 aromatic rings. The van der Waals surface area contributed by atoms with Gasteiger partial charge in [-0.2, -0.15) is 10.2 Å². The van der Waals surface area contributed by atoms with Crippen molar-refractivity contribution in [2.24, 2.45) is 0 Å². The number of nitriles is 1. The van der Waals surface area contributed by atoms with E-state index < -0.39 is 5.82 Å². The van der Waals surface area contributed by atoms with Crippen LogP contribution >= 0.6 is 11.6 Å². The molecule has 0 atom stereocenters. The Morgan fingerprint density at radius 2 is 2.22 bits per heavy atom. The van der Waals surface area contributed by atoms with Crippen LogP contribution in [0.2, 0.25) is 5.02 Å². The second kappa shape index (κ2) is 4.85. The molecule has 1 aromatic carbocycles. The molecule has 0 fully saturated rings. The number of anilines is 1. The van der Waals surface area contributed by atoms with Gasteiger partial charge in [0.1, 0.15) is 28.2 Å². The molecular weight excluding hydrogens is 259 g/mol. The van der Waals surface area contributed by atoms with E-state index >= 15 is 0 Å². The molecule has 0 amide bonds. The van der Waals surface area contributed by atoms with Crippen LogP contribution in [0.15, 0.2) is 24.4 Å². The largest absolute Gasteiger partial charge is 0.436 e. The fourth-order valence-electron chi connectivity index (χ4n) is 1.24. The zero-order chi connectivity index (χ0) is 13.1. The van der Waals surface area contributed by atoms with Gasteiger partial charge < -0.3 is 10.5 Å².